The maximum absolute atomic E-state index is 2.27. The molecule has 0 saturated heterocycles. The molecule has 5 aromatic rings. The van der Waals surface area contributed by atoms with Crippen molar-refractivity contribution in [1.29, 1.82) is 0 Å². The molecule has 2 nitrogen and oxygen atoms in total. The molecular formula is C23H18N2. The molecule has 0 saturated carbocycles. The number of aryl methyl sites for hydroxylation is 1. The quantitative estimate of drug-likeness (QED) is 0.390. The lowest BCUT2D eigenvalue weighted by Gasteiger charge is -2.03. The number of nitrogens with zero attached hydrogens (tertiary/aromatic N) is 2. The summed E-state index contributed by atoms with van der Waals surface area (Å²) in [6, 6.07) is 30.1. The smallest absolute Gasteiger partial charge is 0.118 e. The van der Waals surface area contributed by atoms with Gasteiger partial charge in [-0.1, -0.05) is 66.7 Å². The molecule has 0 bridgehead atoms. The van der Waals surface area contributed by atoms with Gasteiger partial charge in [-0.25, -0.2) is 0 Å². The van der Waals surface area contributed by atoms with Crippen LogP contribution in [0.3, 0.4) is 0 Å². The van der Waals surface area contributed by atoms with Crippen LogP contribution in [0.1, 0.15) is 0 Å². The fourth-order valence-electron chi connectivity index (χ4n) is 3.62. The third-order valence-corrected chi connectivity index (χ3v) is 4.97. The van der Waals surface area contributed by atoms with Crippen LogP contribution in [0.2, 0.25) is 0 Å². The number of aromatic nitrogens is 2. The molecule has 0 amide bonds. The minimum absolute atomic E-state index is 1.21. The van der Waals surface area contributed by atoms with Crippen LogP contribution >= 0.6 is 0 Å². The number of hydrogen-bond acceptors (Lipinski definition) is 0. The Morgan fingerprint density at radius 1 is 0.560 bits per heavy atom. The summed E-state index contributed by atoms with van der Waals surface area (Å²) in [4.78, 5) is 0. The average Bonchev–Trinajstić information content (AvgIpc) is 3.23. The Kier molecular flexibility index (Phi) is 3.04. The van der Waals surface area contributed by atoms with Crippen molar-refractivity contribution in [1.82, 2.24) is 8.97 Å². The first kappa shape index (κ1) is 14.1. The molecule has 2 heteroatoms. The third-order valence-electron chi connectivity index (χ3n) is 4.97. The van der Waals surface area contributed by atoms with Crippen molar-refractivity contribution < 1.29 is 0 Å². The number of rotatable bonds is 2. The molecule has 0 aliphatic carbocycles. The zero-order valence-electron chi connectivity index (χ0n) is 14.1. The topological polar surface area (TPSA) is 9.34 Å². The second-order valence-corrected chi connectivity index (χ2v) is 6.45. The van der Waals surface area contributed by atoms with Gasteiger partial charge in [0.05, 0.1) is 11.0 Å². The van der Waals surface area contributed by atoms with Gasteiger partial charge in [0, 0.05) is 18.8 Å². The molecule has 0 aliphatic heterocycles. The van der Waals surface area contributed by atoms with Gasteiger partial charge >= 0.3 is 0 Å². The van der Waals surface area contributed by atoms with E-state index >= 15 is 0 Å². The molecule has 0 aliphatic rings. The van der Waals surface area contributed by atoms with Crippen LogP contribution in [0.15, 0.2) is 91.1 Å². The van der Waals surface area contributed by atoms with Crippen LogP contribution in [0, 0.1) is 0 Å². The third kappa shape index (κ3) is 2.18. The van der Waals surface area contributed by atoms with Crippen molar-refractivity contribution >= 4 is 16.7 Å². The zero-order chi connectivity index (χ0) is 16.8. The van der Waals surface area contributed by atoms with Crippen LogP contribution in [0.4, 0.5) is 0 Å². The average molecular weight is 322 g/mol. The summed E-state index contributed by atoms with van der Waals surface area (Å²) in [5.74, 6) is 0. The van der Waals surface area contributed by atoms with Gasteiger partial charge in [-0.05, 0) is 34.9 Å². The first-order valence-corrected chi connectivity index (χ1v) is 8.53. The summed E-state index contributed by atoms with van der Waals surface area (Å²) in [6.45, 7) is 0. The summed E-state index contributed by atoms with van der Waals surface area (Å²) in [6.07, 6.45) is 2.23. The molecule has 0 atom stereocenters. The SMILES string of the molecule is Cn1c2ccccc2n2cc(-c3ccc(-c4ccccc4)cc3)cc12. The lowest BCUT2D eigenvalue weighted by Crippen LogP contribution is -1.85. The molecule has 2 heterocycles. The van der Waals surface area contributed by atoms with E-state index in [9.17, 15) is 0 Å². The highest BCUT2D eigenvalue weighted by Crippen LogP contribution is 2.29. The second-order valence-electron chi connectivity index (χ2n) is 6.45. The number of para-hydroxylation sites is 2. The zero-order valence-corrected chi connectivity index (χ0v) is 14.1. The Morgan fingerprint density at radius 3 is 1.84 bits per heavy atom. The number of benzene rings is 3. The molecule has 25 heavy (non-hydrogen) atoms. The molecule has 0 unspecified atom stereocenters. The number of fused-ring (bicyclic) bond motifs is 3. The van der Waals surface area contributed by atoms with E-state index in [0.717, 1.165) is 0 Å². The van der Waals surface area contributed by atoms with E-state index in [1.165, 1.54) is 38.9 Å². The predicted octanol–water partition coefficient (Wildman–Crippen LogP) is 5.77. The van der Waals surface area contributed by atoms with Gasteiger partial charge in [-0.2, -0.15) is 0 Å². The minimum atomic E-state index is 1.21. The van der Waals surface area contributed by atoms with Crippen LogP contribution in [-0.4, -0.2) is 8.97 Å². The van der Waals surface area contributed by atoms with E-state index in [1.807, 2.05) is 0 Å². The Labute approximate surface area is 146 Å². The van der Waals surface area contributed by atoms with Gasteiger partial charge in [-0.3, -0.25) is 0 Å². The van der Waals surface area contributed by atoms with Gasteiger partial charge < -0.3 is 8.97 Å². The normalized spacial score (nSPS) is 11.4. The van der Waals surface area contributed by atoms with Gasteiger partial charge in [0.25, 0.3) is 0 Å². The van der Waals surface area contributed by atoms with E-state index < -0.39 is 0 Å². The monoisotopic (exact) mass is 322 g/mol. The molecule has 120 valence electrons. The second kappa shape index (κ2) is 5.38. The van der Waals surface area contributed by atoms with Crippen molar-refractivity contribution in [2.75, 3.05) is 0 Å². The molecule has 2 aromatic heterocycles. The Balaban J connectivity index is 1.60. The minimum Gasteiger partial charge on any atom is -0.329 e. The van der Waals surface area contributed by atoms with E-state index in [4.69, 9.17) is 0 Å². The lowest BCUT2D eigenvalue weighted by molar-refractivity contribution is 0.994. The van der Waals surface area contributed by atoms with Crippen molar-refractivity contribution in [2.45, 2.75) is 0 Å². The van der Waals surface area contributed by atoms with Crippen LogP contribution in [0.5, 0.6) is 0 Å². The summed E-state index contributed by atoms with van der Waals surface area (Å²) < 4.78 is 4.52. The van der Waals surface area contributed by atoms with Crippen molar-refractivity contribution in [3.05, 3.63) is 91.1 Å². The summed E-state index contributed by atoms with van der Waals surface area (Å²) >= 11 is 0. The molecule has 3 aromatic carbocycles. The largest absolute Gasteiger partial charge is 0.329 e. The number of imidazole rings is 1. The van der Waals surface area contributed by atoms with Crippen molar-refractivity contribution in [3.63, 3.8) is 0 Å². The molecule has 0 N–H and O–H groups in total. The molecule has 0 radical (unpaired) electrons. The van der Waals surface area contributed by atoms with Crippen LogP contribution < -0.4 is 0 Å². The van der Waals surface area contributed by atoms with Crippen LogP contribution in [0.25, 0.3) is 38.9 Å². The van der Waals surface area contributed by atoms with Crippen molar-refractivity contribution in [3.8, 4) is 22.3 Å². The highest BCUT2D eigenvalue weighted by atomic mass is 15.1. The molecule has 5 rings (SSSR count). The highest BCUT2D eigenvalue weighted by Gasteiger charge is 2.10. The fraction of sp³-hybridized carbons (Fsp3) is 0.0435. The van der Waals surface area contributed by atoms with E-state index in [1.54, 1.807) is 0 Å². The fourth-order valence-corrected chi connectivity index (χ4v) is 3.62. The Bertz CT molecular complexity index is 1180. The summed E-state index contributed by atoms with van der Waals surface area (Å²) in [5.41, 5.74) is 8.70. The molecule has 0 spiro atoms. The highest BCUT2D eigenvalue weighted by molar-refractivity contribution is 5.85. The van der Waals surface area contributed by atoms with Gasteiger partial charge in [0.15, 0.2) is 0 Å². The van der Waals surface area contributed by atoms with E-state index in [2.05, 4.69) is 107 Å². The van der Waals surface area contributed by atoms with Crippen molar-refractivity contribution in [2.24, 2.45) is 7.05 Å². The molecular weight excluding hydrogens is 304 g/mol. The standard InChI is InChI=1S/C23H18N2/c1-24-21-9-5-6-10-22(21)25-16-20(15-23(24)25)19-13-11-18(12-14-19)17-7-3-2-4-8-17/h2-16H,1H3. The van der Waals surface area contributed by atoms with Crippen LogP contribution in [-0.2, 0) is 7.05 Å². The van der Waals surface area contributed by atoms with Gasteiger partial charge in [0.1, 0.15) is 5.65 Å². The maximum Gasteiger partial charge on any atom is 0.118 e. The maximum atomic E-state index is 2.27. The predicted molar refractivity (Wildman–Crippen MR) is 105 cm³/mol. The number of hydrogen-bond donors (Lipinski definition) is 0. The Morgan fingerprint density at radius 2 is 1.12 bits per heavy atom. The summed E-state index contributed by atoms with van der Waals surface area (Å²) in [5, 5.41) is 0. The Hall–Kier alpha value is -3.26. The van der Waals surface area contributed by atoms with Gasteiger partial charge in [-0.15, -0.1) is 0 Å². The first-order chi connectivity index (χ1) is 12.3. The molecule has 0 fully saturated rings. The van der Waals surface area contributed by atoms with E-state index in [0.29, 0.717) is 0 Å². The lowest BCUT2D eigenvalue weighted by atomic mass is 10.0. The summed E-state index contributed by atoms with van der Waals surface area (Å²) in [7, 11) is 2.12. The van der Waals surface area contributed by atoms with E-state index in [-0.39, 0.29) is 0 Å². The van der Waals surface area contributed by atoms with Gasteiger partial charge in [0.2, 0.25) is 0 Å². The first-order valence-electron chi connectivity index (χ1n) is 8.53.